The number of aliphatic carboxylic acids is 1. The van der Waals surface area contributed by atoms with Crippen LogP contribution in [-0.2, 0) is 4.79 Å². The molecule has 1 aliphatic carbocycles. The molecule has 0 aromatic rings. The van der Waals surface area contributed by atoms with Crippen LogP contribution in [-0.4, -0.2) is 40.7 Å². The summed E-state index contributed by atoms with van der Waals surface area (Å²) in [6, 6.07) is 0.0924. The molecule has 0 heterocycles. The quantitative estimate of drug-likeness (QED) is 0.628. The maximum atomic E-state index is 11.6. The topological polar surface area (TPSA) is 78.4 Å². The predicted molar refractivity (Wildman–Crippen MR) is 77.6 cm³/mol. The molecule has 0 saturated heterocycles. The normalized spacial score (nSPS) is 22.8. The standard InChI is InChI=1S/C13H24N2O3S/c1-2-19-11-6-3-5-10(9-11)15-13(18)14-8-4-7-12(16)17/h10-11H,2-9H2,1H3,(H,16,17)(H2,14,15,18). The second-order valence-electron chi connectivity index (χ2n) is 4.84. The van der Waals surface area contributed by atoms with E-state index >= 15 is 0 Å². The van der Waals surface area contributed by atoms with Crippen molar-refractivity contribution in [2.75, 3.05) is 12.3 Å². The highest BCUT2D eigenvalue weighted by atomic mass is 32.2. The maximum absolute atomic E-state index is 11.6. The molecule has 1 fully saturated rings. The van der Waals surface area contributed by atoms with Crippen molar-refractivity contribution in [2.45, 2.75) is 56.7 Å². The lowest BCUT2D eigenvalue weighted by molar-refractivity contribution is -0.137. The summed E-state index contributed by atoms with van der Waals surface area (Å²) in [5, 5.41) is 14.8. The molecule has 0 bridgehead atoms. The van der Waals surface area contributed by atoms with Gasteiger partial charge in [-0.2, -0.15) is 11.8 Å². The van der Waals surface area contributed by atoms with E-state index in [9.17, 15) is 9.59 Å². The first-order valence-electron chi connectivity index (χ1n) is 6.99. The van der Waals surface area contributed by atoms with E-state index in [4.69, 9.17) is 5.11 Å². The van der Waals surface area contributed by atoms with Crippen molar-refractivity contribution >= 4 is 23.8 Å². The average Bonchev–Trinajstić information content (AvgIpc) is 2.35. The first kappa shape index (κ1) is 16.1. The van der Waals surface area contributed by atoms with Gasteiger partial charge >= 0.3 is 12.0 Å². The van der Waals surface area contributed by atoms with Crippen molar-refractivity contribution in [1.29, 1.82) is 0 Å². The van der Waals surface area contributed by atoms with E-state index in [2.05, 4.69) is 17.6 Å². The molecule has 1 saturated carbocycles. The Morgan fingerprint density at radius 2 is 2.16 bits per heavy atom. The van der Waals surface area contributed by atoms with Crippen molar-refractivity contribution < 1.29 is 14.7 Å². The second kappa shape index (κ2) is 9.07. The van der Waals surface area contributed by atoms with Gasteiger partial charge < -0.3 is 15.7 Å². The zero-order chi connectivity index (χ0) is 14.1. The molecular formula is C13H24N2O3S. The Labute approximate surface area is 118 Å². The molecule has 6 heteroatoms. The summed E-state index contributed by atoms with van der Waals surface area (Å²) in [5.41, 5.74) is 0. The van der Waals surface area contributed by atoms with Gasteiger partial charge in [-0.15, -0.1) is 0 Å². The van der Waals surface area contributed by atoms with Crippen LogP contribution >= 0.6 is 11.8 Å². The fraction of sp³-hybridized carbons (Fsp3) is 0.846. The summed E-state index contributed by atoms with van der Waals surface area (Å²) < 4.78 is 0. The predicted octanol–water partition coefficient (Wildman–Crippen LogP) is 2.21. The summed E-state index contributed by atoms with van der Waals surface area (Å²) in [7, 11) is 0. The number of carboxylic acid groups (broad SMARTS) is 1. The Morgan fingerprint density at radius 1 is 1.37 bits per heavy atom. The van der Waals surface area contributed by atoms with E-state index in [1.54, 1.807) is 0 Å². The Kier molecular flexibility index (Phi) is 7.70. The highest BCUT2D eigenvalue weighted by molar-refractivity contribution is 7.99. The number of thioether (sulfide) groups is 1. The number of urea groups is 1. The fourth-order valence-electron chi connectivity index (χ4n) is 2.34. The van der Waals surface area contributed by atoms with Crippen LogP contribution in [0.4, 0.5) is 4.79 Å². The lowest BCUT2D eigenvalue weighted by Gasteiger charge is -2.29. The molecular weight excluding hydrogens is 264 g/mol. The summed E-state index contributed by atoms with van der Waals surface area (Å²) >= 11 is 1.97. The fourth-order valence-corrected chi connectivity index (χ4v) is 3.51. The van der Waals surface area contributed by atoms with Gasteiger partial charge in [0.15, 0.2) is 0 Å². The van der Waals surface area contributed by atoms with Crippen LogP contribution in [0, 0.1) is 0 Å². The largest absolute Gasteiger partial charge is 0.481 e. The highest BCUT2D eigenvalue weighted by Gasteiger charge is 2.22. The average molecular weight is 288 g/mol. The summed E-state index contributed by atoms with van der Waals surface area (Å²) in [4.78, 5) is 22.0. The highest BCUT2D eigenvalue weighted by Crippen LogP contribution is 2.28. The molecule has 3 N–H and O–H groups in total. The number of carboxylic acids is 1. The Hall–Kier alpha value is -0.910. The van der Waals surface area contributed by atoms with Crippen LogP contribution in [0.2, 0.25) is 0 Å². The third-order valence-electron chi connectivity index (χ3n) is 3.22. The molecule has 0 aromatic carbocycles. The summed E-state index contributed by atoms with van der Waals surface area (Å²) in [5.74, 6) is 0.299. The van der Waals surface area contributed by atoms with Gasteiger partial charge in [0.1, 0.15) is 0 Å². The van der Waals surface area contributed by atoms with Gasteiger partial charge in [-0.3, -0.25) is 4.79 Å². The van der Waals surface area contributed by atoms with Crippen molar-refractivity contribution in [3.8, 4) is 0 Å². The molecule has 5 nitrogen and oxygen atoms in total. The van der Waals surface area contributed by atoms with Crippen LogP contribution in [0.25, 0.3) is 0 Å². The van der Waals surface area contributed by atoms with Crippen molar-refractivity contribution in [3.63, 3.8) is 0 Å². The van der Waals surface area contributed by atoms with Gasteiger partial charge in [-0.25, -0.2) is 4.79 Å². The van der Waals surface area contributed by atoms with Gasteiger partial charge in [-0.1, -0.05) is 13.3 Å². The lowest BCUT2D eigenvalue weighted by atomic mass is 9.95. The lowest BCUT2D eigenvalue weighted by Crippen LogP contribution is -2.44. The Morgan fingerprint density at radius 3 is 2.84 bits per heavy atom. The van der Waals surface area contributed by atoms with Crippen molar-refractivity contribution in [3.05, 3.63) is 0 Å². The molecule has 0 aromatic heterocycles. The minimum atomic E-state index is -0.825. The zero-order valence-corrected chi connectivity index (χ0v) is 12.3. The van der Waals surface area contributed by atoms with Gasteiger partial charge in [0, 0.05) is 24.3 Å². The van der Waals surface area contributed by atoms with Gasteiger partial charge in [0.25, 0.3) is 0 Å². The number of rotatable bonds is 7. The SMILES string of the molecule is CCSC1CCCC(NC(=O)NCCCC(=O)O)C1. The Balaban J connectivity index is 2.15. The van der Waals surface area contributed by atoms with Crippen LogP contribution in [0.5, 0.6) is 0 Å². The summed E-state index contributed by atoms with van der Waals surface area (Å²) in [6.45, 7) is 2.58. The van der Waals surface area contributed by atoms with Gasteiger partial charge in [-0.05, 0) is 31.4 Å². The number of carbonyl (C=O) groups is 2. The smallest absolute Gasteiger partial charge is 0.315 e. The van der Waals surface area contributed by atoms with Gasteiger partial charge in [0.2, 0.25) is 0 Å². The van der Waals surface area contributed by atoms with Crippen LogP contribution in [0.3, 0.4) is 0 Å². The molecule has 0 aliphatic heterocycles. The number of amides is 2. The minimum Gasteiger partial charge on any atom is -0.481 e. The van der Waals surface area contributed by atoms with Crippen molar-refractivity contribution in [2.24, 2.45) is 0 Å². The number of hydrogen-bond donors (Lipinski definition) is 3. The van der Waals surface area contributed by atoms with E-state index in [-0.39, 0.29) is 18.5 Å². The first-order chi connectivity index (χ1) is 9.11. The molecule has 1 aliphatic rings. The van der Waals surface area contributed by atoms with Crippen LogP contribution in [0.15, 0.2) is 0 Å². The Bertz CT molecular complexity index is 298. The number of nitrogens with one attached hydrogen (secondary N) is 2. The molecule has 110 valence electrons. The van der Waals surface area contributed by atoms with E-state index in [1.807, 2.05) is 11.8 Å². The van der Waals surface area contributed by atoms with E-state index in [0.29, 0.717) is 18.2 Å². The first-order valence-corrected chi connectivity index (χ1v) is 8.04. The molecule has 19 heavy (non-hydrogen) atoms. The van der Waals surface area contributed by atoms with E-state index in [0.717, 1.165) is 18.6 Å². The molecule has 0 radical (unpaired) electrons. The third kappa shape index (κ3) is 7.30. The van der Waals surface area contributed by atoms with Crippen LogP contribution in [0.1, 0.15) is 45.4 Å². The molecule has 0 spiro atoms. The number of carbonyl (C=O) groups excluding carboxylic acids is 1. The second-order valence-corrected chi connectivity index (χ2v) is 6.42. The van der Waals surface area contributed by atoms with E-state index < -0.39 is 5.97 Å². The maximum Gasteiger partial charge on any atom is 0.315 e. The third-order valence-corrected chi connectivity index (χ3v) is 4.45. The van der Waals surface area contributed by atoms with Gasteiger partial charge in [0.05, 0.1) is 0 Å². The number of hydrogen-bond acceptors (Lipinski definition) is 3. The van der Waals surface area contributed by atoms with E-state index in [1.165, 1.54) is 12.8 Å². The monoisotopic (exact) mass is 288 g/mol. The minimum absolute atomic E-state index is 0.0962. The molecule has 2 unspecified atom stereocenters. The van der Waals surface area contributed by atoms with Crippen LogP contribution < -0.4 is 10.6 Å². The molecule has 1 rings (SSSR count). The molecule has 2 amide bonds. The molecule has 2 atom stereocenters. The zero-order valence-electron chi connectivity index (χ0n) is 11.5. The van der Waals surface area contributed by atoms with Crippen molar-refractivity contribution in [1.82, 2.24) is 10.6 Å². The summed E-state index contributed by atoms with van der Waals surface area (Å²) in [6.07, 6.45) is 5.07.